The first-order valence-corrected chi connectivity index (χ1v) is 7.86. The highest BCUT2D eigenvalue weighted by atomic mass is 35.5. The highest BCUT2D eigenvalue weighted by Crippen LogP contribution is 2.33. The molecule has 1 atom stereocenters. The van der Waals surface area contributed by atoms with Gasteiger partial charge >= 0.3 is 0 Å². The summed E-state index contributed by atoms with van der Waals surface area (Å²) < 4.78 is 5.44. The highest BCUT2D eigenvalue weighted by Gasteiger charge is 2.16. The number of ether oxygens (including phenoxy) is 1. The van der Waals surface area contributed by atoms with Gasteiger partial charge in [-0.1, -0.05) is 29.3 Å². The molecule has 0 aliphatic carbocycles. The Kier molecular flexibility index (Phi) is 5.82. The van der Waals surface area contributed by atoms with Gasteiger partial charge in [0, 0.05) is 18.0 Å². The fraction of sp³-hybridized carbons (Fsp3) is 0.462. The zero-order valence-electron chi connectivity index (χ0n) is 10.3. The van der Waals surface area contributed by atoms with Gasteiger partial charge < -0.3 is 10.1 Å². The average molecular weight is 320 g/mol. The molecule has 0 aromatic heterocycles. The van der Waals surface area contributed by atoms with Crippen LogP contribution in [0.4, 0.5) is 0 Å². The minimum absolute atomic E-state index is 0.0310. The van der Waals surface area contributed by atoms with Crippen LogP contribution in [0.25, 0.3) is 0 Å². The number of benzene rings is 1. The van der Waals surface area contributed by atoms with Crippen LogP contribution in [0.3, 0.4) is 0 Å². The number of carbonyl (C=O) groups excluding carboxylic acids is 1. The van der Waals surface area contributed by atoms with Gasteiger partial charge in [-0.3, -0.25) is 4.79 Å². The quantitative estimate of drug-likeness (QED) is 0.845. The molecule has 2 rings (SSSR count). The lowest BCUT2D eigenvalue weighted by Crippen LogP contribution is -2.32. The number of halogens is 2. The molecule has 104 valence electrons. The summed E-state index contributed by atoms with van der Waals surface area (Å²) in [6.07, 6.45) is 2.26. The molecule has 1 aliphatic rings. The number of carbonyl (C=O) groups is 1. The number of thioether (sulfide) groups is 1. The molecule has 1 unspecified atom stereocenters. The zero-order chi connectivity index (χ0) is 13.7. The van der Waals surface area contributed by atoms with Gasteiger partial charge in [-0.25, -0.2) is 0 Å². The molecular formula is C13H15Cl2NO2S. The molecule has 0 saturated carbocycles. The second kappa shape index (κ2) is 7.39. The summed E-state index contributed by atoms with van der Waals surface area (Å²) in [5, 5.41) is 4.01. The Hall–Kier alpha value is -0.420. The minimum Gasteiger partial charge on any atom is -0.376 e. The lowest BCUT2D eigenvalue weighted by Gasteiger charge is -2.11. The second-order valence-corrected chi connectivity index (χ2v) is 6.08. The molecule has 1 aliphatic heterocycles. The monoisotopic (exact) mass is 319 g/mol. The molecule has 6 heteroatoms. The van der Waals surface area contributed by atoms with Crippen LogP contribution < -0.4 is 5.32 Å². The predicted octanol–water partition coefficient (Wildman–Crippen LogP) is 3.38. The molecule has 3 nitrogen and oxygen atoms in total. The van der Waals surface area contributed by atoms with Gasteiger partial charge in [0.2, 0.25) is 5.91 Å². The van der Waals surface area contributed by atoms with Crippen LogP contribution >= 0.6 is 35.0 Å². The Balaban J connectivity index is 1.76. The molecule has 1 aromatic rings. The van der Waals surface area contributed by atoms with E-state index >= 15 is 0 Å². The van der Waals surface area contributed by atoms with Gasteiger partial charge in [-0.05, 0) is 25.0 Å². The van der Waals surface area contributed by atoms with Gasteiger partial charge in [0.25, 0.3) is 0 Å². The Labute approximate surface area is 127 Å². The van der Waals surface area contributed by atoms with Crippen molar-refractivity contribution in [2.75, 3.05) is 18.9 Å². The van der Waals surface area contributed by atoms with Crippen molar-refractivity contribution in [2.24, 2.45) is 0 Å². The van der Waals surface area contributed by atoms with Crippen molar-refractivity contribution in [3.63, 3.8) is 0 Å². The lowest BCUT2D eigenvalue weighted by atomic mass is 10.2. The summed E-state index contributed by atoms with van der Waals surface area (Å²) in [5.41, 5.74) is 0. The number of nitrogens with one attached hydrogen (secondary N) is 1. The van der Waals surface area contributed by atoms with Crippen molar-refractivity contribution in [3.8, 4) is 0 Å². The highest BCUT2D eigenvalue weighted by molar-refractivity contribution is 8.00. The smallest absolute Gasteiger partial charge is 0.230 e. The topological polar surface area (TPSA) is 38.3 Å². The van der Waals surface area contributed by atoms with Crippen molar-refractivity contribution >= 4 is 40.9 Å². The summed E-state index contributed by atoms with van der Waals surface area (Å²) >= 11 is 13.4. The molecule has 1 aromatic carbocycles. The van der Waals surface area contributed by atoms with Crippen molar-refractivity contribution in [3.05, 3.63) is 28.2 Å². The van der Waals surface area contributed by atoms with E-state index in [2.05, 4.69) is 5.32 Å². The van der Waals surface area contributed by atoms with Crippen LogP contribution in [0.1, 0.15) is 12.8 Å². The minimum atomic E-state index is -0.0310. The second-order valence-electron chi connectivity index (χ2n) is 4.28. The Morgan fingerprint density at radius 2 is 2.16 bits per heavy atom. The summed E-state index contributed by atoms with van der Waals surface area (Å²) in [6, 6.07) is 5.31. The van der Waals surface area contributed by atoms with E-state index in [1.165, 1.54) is 11.8 Å². The van der Waals surface area contributed by atoms with Gasteiger partial charge in [-0.2, -0.15) is 0 Å². The summed E-state index contributed by atoms with van der Waals surface area (Å²) in [5.74, 6) is 0.271. The normalized spacial score (nSPS) is 18.5. The van der Waals surface area contributed by atoms with Crippen molar-refractivity contribution in [1.29, 1.82) is 0 Å². The van der Waals surface area contributed by atoms with E-state index in [1.807, 2.05) is 0 Å². The van der Waals surface area contributed by atoms with Crippen molar-refractivity contribution in [1.82, 2.24) is 5.32 Å². The summed E-state index contributed by atoms with van der Waals surface area (Å²) in [6.45, 7) is 1.38. The molecule has 0 spiro atoms. The third-order valence-electron chi connectivity index (χ3n) is 2.82. The molecule has 0 bridgehead atoms. The third kappa shape index (κ3) is 4.56. The maximum atomic E-state index is 11.7. The molecule has 1 heterocycles. The fourth-order valence-electron chi connectivity index (χ4n) is 1.84. The van der Waals surface area contributed by atoms with E-state index in [-0.39, 0.29) is 12.0 Å². The van der Waals surface area contributed by atoms with E-state index in [9.17, 15) is 4.79 Å². The van der Waals surface area contributed by atoms with E-state index in [0.717, 1.165) is 24.3 Å². The number of hydrogen-bond acceptors (Lipinski definition) is 3. The Morgan fingerprint density at radius 1 is 1.42 bits per heavy atom. The molecular weight excluding hydrogens is 305 g/mol. The van der Waals surface area contributed by atoms with Gasteiger partial charge in [0.15, 0.2) is 0 Å². The SMILES string of the molecule is O=C(CSc1c(Cl)cccc1Cl)NCC1CCCO1. The Bertz CT molecular complexity index is 430. The average Bonchev–Trinajstić information content (AvgIpc) is 2.89. The van der Waals surface area contributed by atoms with Crippen LogP contribution in [0.5, 0.6) is 0 Å². The van der Waals surface area contributed by atoms with Gasteiger partial charge in [0.1, 0.15) is 0 Å². The first-order valence-electron chi connectivity index (χ1n) is 6.12. The first kappa shape index (κ1) is 15.0. The fourth-order valence-corrected chi connectivity index (χ4v) is 3.36. The third-order valence-corrected chi connectivity index (χ3v) is 4.81. The van der Waals surface area contributed by atoms with E-state index in [4.69, 9.17) is 27.9 Å². The van der Waals surface area contributed by atoms with Crippen LogP contribution in [0, 0.1) is 0 Å². The molecule has 1 fully saturated rings. The maximum Gasteiger partial charge on any atom is 0.230 e. The molecule has 1 saturated heterocycles. The zero-order valence-corrected chi connectivity index (χ0v) is 12.7. The maximum absolute atomic E-state index is 11.7. The first-order chi connectivity index (χ1) is 9.16. The van der Waals surface area contributed by atoms with Crippen molar-refractivity contribution in [2.45, 2.75) is 23.8 Å². The lowest BCUT2D eigenvalue weighted by molar-refractivity contribution is -0.119. The predicted molar refractivity (Wildman–Crippen MR) is 79.2 cm³/mol. The number of amides is 1. The number of hydrogen-bond donors (Lipinski definition) is 1. The van der Waals surface area contributed by atoms with Crippen molar-refractivity contribution < 1.29 is 9.53 Å². The molecule has 1 N–H and O–H groups in total. The summed E-state index contributed by atoms with van der Waals surface area (Å²) in [4.78, 5) is 12.5. The standard InChI is InChI=1S/C13H15Cl2NO2S/c14-10-4-1-5-11(15)13(10)19-8-12(17)16-7-9-3-2-6-18-9/h1,4-5,9H,2-3,6-8H2,(H,16,17). The number of rotatable bonds is 5. The largest absolute Gasteiger partial charge is 0.376 e. The van der Waals surface area contributed by atoms with Gasteiger partial charge in [-0.15, -0.1) is 11.8 Å². The van der Waals surface area contributed by atoms with Crippen LogP contribution in [-0.2, 0) is 9.53 Å². The van der Waals surface area contributed by atoms with Crippen LogP contribution in [0.15, 0.2) is 23.1 Å². The van der Waals surface area contributed by atoms with E-state index in [0.29, 0.717) is 22.3 Å². The van der Waals surface area contributed by atoms with E-state index in [1.54, 1.807) is 18.2 Å². The summed E-state index contributed by atoms with van der Waals surface area (Å²) in [7, 11) is 0. The van der Waals surface area contributed by atoms with E-state index < -0.39 is 0 Å². The molecule has 1 amide bonds. The Morgan fingerprint density at radius 3 is 2.79 bits per heavy atom. The van der Waals surface area contributed by atoms with Crippen LogP contribution in [-0.4, -0.2) is 30.9 Å². The molecule has 19 heavy (non-hydrogen) atoms. The van der Waals surface area contributed by atoms with Gasteiger partial charge in [0.05, 0.1) is 21.9 Å². The van der Waals surface area contributed by atoms with Crippen LogP contribution in [0.2, 0.25) is 10.0 Å². The molecule has 0 radical (unpaired) electrons.